The molecular formula is C32H47NO9. The topological polar surface area (TPSA) is 165 Å². The second-order valence-electron chi connectivity index (χ2n) is 11.2. The summed E-state index contributed by atoms with van der Waals surface area (Å²) < 4.78 is 11.2. The average Bonchev–Trinajstić information content (AvgIpc) is 2.93. The molecule has 1 fully saturated rings. The number of phenolic OH excluding ortho intramolecular Hbond substituents is 1. The fourth-order valence-corrected chi connectivity index (χ4v) is 6.35. The second-order valence-corrected chi connectivity index (χ2v) is 11.2. The minimum atomic E-state index is -0.789. The third-order valence-corrected chi connectivity index (χ3v) is 8.34. The van der Waals surface area contributed by atoms with E-state index in [1.54, 1.807) is 13.2 Å². The smallest absolute Gasteiger partial charge is 0.167 e. The molecule has 10 nitrogen and oxygen atoms in total. The van der Waals surface area contributed by atoms with Gasteiger partial charge in [-0.25, -0.2) is 0 Å². The zero-order valence-corrected chi connectivity index (χ0v) is 24.4. The fourth-order valence-electron chi connectivity index (χ4n) is 6.35. The maximum atomic E-state index is 13.4. The number of benzene rings is 2. The van der Waals surface area contributed by atoms with Crippen molar-refractivity contribution in [3.8, 4) is 22.6 Å². The summed E-state index contributed by atoms with van der Waals surface area (Å²) in [6.07, 6.45) is 1.08. The van der Waals surface area contributed by atoms with Crippen LogP contribution in [0.4, 0.5) is 0 Å². The van der Waals surface area contributed by atoms with E-state index in [9.17, 15) is 29.7 Å². The Morgan fingerprint density at radius 1 is 1.12 bits per heavy atom. The molecule has 2 aromatic carbocycles. The molecule has 5 N–H and O–H groups in total. The minimum absolute atomic E-state index is 0. The van der Waals surface area contributed by atoms with Crippen LogP contribution in [-0.2, 0) is 27.3 Å². The number of aromatic hydroxyl groups is 1. The highest BCUT2D eigenvalue weighted by Crippen LogP contribution is 2.43. The van der Waals surface area contributed by atoms with Gasteiger partial charge in [0, 0.05) is 47.0 Å². The van der Waals surface area contributed by atoms with Crippen molar-refractivity contribution >= 4 is 17.3 Å². The summed E-state index contributed by atoms with van der Waals surface area (Å²) in [5, 5.41) is 30.5. The number of hydrogen-bond acceptors (Lipinski definition) is 9. The average molecular weight is 590 g/mol. The number of fused-ring (bicyclic) bond motifs is 1. The SMILES string of the molecule is COc1ccc(CN2CCOCC2)cc1-c1ccc(O)c2c1CC(CC(CCO)C(CO)C(=O)CC(C)=O)CC2=O.O.[HH].[HH]. The molecule has 42 heavy (non-hydrogen) atoms. The van der Waals surface area contributed by atoms with Gasteiger partial charge < -0.3 is 30.3 Å². The molecule has 1 heterocycles. The van der Waals surface area contributed by atoms with Crippen molar-refractivity contribution in [2.45, 2.75) is 45.6 Å². The molecule has 4 rings (SSSR count). The molecule has 0 aromatic heterocycles. The Kier molecular flexibility index (Phi) is 12.2. The molecule has 2 aliphatic rings. The molecule has 10 heteroatoms. The summed E-state index contributed by atoms with van der Waals surface area (Å²) >= 11 is 0. The monoisotopic (exact) mass is 589 g/mol. The van der Waals surface area contributed by atoms with Crippen LogP contribution in [0.1, 0.15) is 56.9 Å². The zero-order chi connectivity index (χ0) is 29.5. The van der Waals surface area contributed by atoms with E-state index in [4.69, 9.17) is 9.47 Å². The molecule has 2 aromatic rings. The normalized spacial score (nSPS) is 18.5. The number of Topliss-reactive ketones (excluding diaryl/α,β-unsaturated/α-hetero) is 3. The summed E-state index contributed by atoms with van der Waals surface area (Å²) in [5.74, 6) is -1.55. The number of rotatable bonds is 13. The van der Waals surface area contributed by atoms with Gasteiger partial charge in [-0.1, -0.05) is 12.1 Å². The summed E-state index contributed by atoms with van der Waals surface area (Å²) in [4.78, 5) is 40.1. The minimum Gasteiger partial charge on any atom is -0.507 e. The first-order chi connectivity index (χ1) is 19.7. The Labute approximate surface area is 249 Å². The van der Waals surface area contributed by atoms with Crippen LogP contribution < -0.4 is 4.74 Å². The molecule has 0 saturated carbocycles. The summed E-state index contributed by atoms with van der Waals surface area (Å²) in [5.41, 5.74) is 3.78. The Hall–Kier alpha value is -3.15. The molecule has 0 radical (unpaired) electrons. The maximum Gasteiger partial charge on any atom is 0.167 e. The van der Waals surface area contributed by atoms with Crippen molar-refractivity contribution in [2.24, 2.45) is 17.8 Å². The standard InChI is InChI=1S/C32H41NO8.H2O.2H2/c1-20(36)13-29(38)27(19-35)23(7-10-34)14-22-16-26-24(4-5-28(37)32(26)30(39)17-22)25-15-21(3-6-31(25)40-2)18-33-8-11-41-12-9-33;;;/h3-6,15,22-23,27,34-35,37H,7-14,16-19H2,1-2H3;1H2;2*1H. The molecule has 3 atom stereocenters. The lowest BCUT2D eigenvalue weighted by atomic mass is 9.72. The number of nitrogens with zero attached hydrogens (tertiary/aromatic N) is 1. The number of carbonyl (C=O) groups excluding carboxylic acids is 3. The van der Waals surface area contributed by atoms with Gasteiger partial charge in [0.15, 0.2) is 5.78 Å². The highest BCUT2D eigenvalue weighted by molar-refractivity contribution is 6.03. The third-order valence-electron chi connectivity index (χ3n) is 8.34. The molecule has 0 bridgehead atoms. The first-order valence-electron chi connectivity index (χ1n) is 14.3. The van der Waals surface area contributed by atoms with Crippen LogP contribution in [0.2, 0.25) is 0 Å². The number of ether oxygens (including phenoxy) is 2. The lowest BCUT2D eigenvalue weighted by Crippen LogP contribution is -2.35. The Bertz CT molecular complexity index is 1270. The number of ketones is 3. The zero-order valence-electron chi connectivity index (χ0n) is 24.4. The van der Waals surface area contributed by atoms with E-state index in [1.165, 1.54) is 6.92 Å². The van der Waals surface area contributed by atoms with E-state index in [0.29, 0.717) is 37.4 Å². The van der Waals surface area contributed by atoms with E-state index < -0.39 is 12.5 Å². The highest BCUT2D eigenvalue weighted by atomic mass is 16.5. The number of morpholine rings is 1. The number of aliphatic hydroxyl groups is 2. The summed E-state index contributed by atoms with van der Waals surface area (Å²) in [6, 6.07) is 9.41. The molecule has 3 unspecified atom stereocenters. The van der Waals surface area contributed by atoms with E-state index in [-0.39, 0.29) is 69.1 Å². The van der Waals surface area contributed by atoms with Crippen molar-refractivity contribution < 1.29 is 47.5 Å². The van der Waals surface area contributed by atoms with Gasteiger partial charge in [0.05, 0.1) is 38.9 Å². The second kappa shape index (κ2) is 15.4. The lowest BCUT2D eigenvalue weighted by molar-refractivity contribution is -0.131. The van der Waals surface area contributed by atoms with Gasteiger partial charge in [0.2, 0.25) is 0 Å². The van der Waals surface area contributed by atoms with Crippen LogP contribution in [-0.4, -0.2) is 89.7 Å². The van der Waals surface area contributed by atoms with E-state index >= 15 is 0 Å². The number of aliphatic hydroxyl groups excluding tert-OH is 2. The van der Waals surface area contributed by atoms with E-state index in [1.807, 2.05) is 18.2 Å². The van der Waals surface area contributed by atoms with Gasteiger partial charge in [-0.05, 0) is 72.9 Å². The van der Waals surface area contributed by atoms with Crippen LogP contribution in [0.15, 0.2) is 30.3 Å². The first-order valence-corrected chi connectivity index (χ1v) is 14.3. The van der Waals surface area contributed by atoms with Crippen LogP contribution in [0, 0.1) is 17.8 Å². The maximum absolute atomic E-state index is 13.4. The number of carbonyl (C=O) groups is 3. The highest BCUT2D eigenvalue weighted by Gasteiger charge is 2.35. The molecule has 234 valence electrons. The molecule has 0 spiro atoms. The van der Waals surface area contributed by atoms with Gasteiger partial charge >= 0.3 is 0 Å². The number of phenols is 1. The predicted molar refractivity (Wildman–Crippen MR) is 161 cm³/mol. The first kappa shape index (κ1) is 33.4. The largest absolute Gasteiger partial charge is 0.507 e. The van der Waals surface area contributed by atoms with Crippen LogP contribution >= 0.6 is 0 Å². The molecule has 0 amide bonds. The lowest BCUT2D eigenvalue weighted by Gasteiger charge is -2.32. The molecule has 1 aliphatic heterocycles. The van der Waals surface area contributed by atoms with Crippen LogP contribution in [0.5, 0.6) is 11.5 Å². The fraction of sp³-hybridized carbons (Fsp3) is 0.531. The molecule has 1 aliphatic carbocycles. The summed E-state index contributed by atoms with van der Waals surface area (Å²) in [6.45, 7) is 4.59. The van der Waals surface area contributed by atoms with Crippen molar-refractivity contribution in [1.82, 2.24) is 4.90 Å². The Morgan fingerprint density at radius 2 is 1.86 bits per heavy atom. The number of methoxy groups -OCH3 is 1. The van der Waals surface area contributed by atoms with E-state index in [2.05, 4.69) is 11.0 Å². The van der Waals surface area contributed by atoms with Gasteiger partial charge in [0.25, 0.3) is 0 Å². The third kappa shape index (κ3) is 7.81. The molecule has 1 saturated heterocycles. The Balaban J connectivity index is 0.00000323. The van der Waals surface area contributed by atoms with Crippen molar-refractivity contribution in [3.05, 3.63) is 47.0 Å². The van der Waals surface area contributed by atoms with Crippen LogP contribution in [0.25, 0.3) is 11.1 Å². The molecular weight excluding hydrogens is 542 g/mol. The predicted octanol–water partition coefficient (Wildman–Crippen LogP) is 2.86. The van der Waals surface area contributed by atoms with Crippen LogP contribution in [0.3, 0.4) is 0 Å². The van der Waals surface area contributed by atoms with E-state index in [0.717, 1.165) is 41.9 Å². The quantitative estimate of drug-likeness (QED) is 0.298. The van der Waals surface area contributed by atoms with Crippen molar-refractivity contribution in [1.29, 1.82) is 0 Å². The summed E-state index contributed by atoms with van der Waals surface area (Å²) in [7, 11) is 1.61. The van der Waals surface area contributed by atoms with Gasteiger partial charge in [-0.3, -0.25) is 19.3 Å². The number of hydrogen-bond donors (Lipinski definition) is 3. The van der Waals surface area contributed by atoms with Gasteiger partial charge in [-0.15, -0.1) is 0 Å². The van der Waals surface area contributed by atoms with Crippen molar-refractivity contribution in [3.63, 3.8) is 0 Å². The Morgan fingerprint density at radius 3 is 2.50 bits per heavy atom. The van der Waals surface area contributed by atoms with Gasteiger partial charge in [-0.2, -0.15) is 0 Å². The van der Waals surface area contributed by atoms with Crippen molar-refractivity contribution in [2.75, 3.05) is 46.6 Å². The van der Waals surface area contributed by atoms with Gasteiger partial charge in [0.1, 0.15) is 23.1 Å².